The van der Waals surface area contributed by atoms with Crippen molar-refractivity contribution >= 4 is 10.8 Å². The molecule has 0 atom stereocenters. The molecule has 92 valence electrons. The van der Waals surface area contributed by atoms with Crippen LogP contribution in [-0.2, 0) is 0 Å². The van der Waals surface area contributed by atoms with Crippen molar-refractivity contribution in [2.24, 2.45) is 0 Å². The van der Waals surface area contributed by atoms with E-state index < -0.39 is 0 Å². The molecule has 0 aliphatic carbocycles. The molecule has 3 nitrogen and oxygen atoms in total. The normalized spacial score (nSPS) is 10.5. The van der Waals surface area contributed by atoms with Crippen LogP contribution in [0.4, 0.5) is 0 Å². The van der Waals surface area contributed by atoms with Crippen LogP contribution in [0.2, 0.25) is 0 Å². The van der Waals surface area contributed by atoms with E-state index in [2.05, 4.69) is 6.07 Å². The Morgan fingerprint density at radius 2 is 1.79 bits per heavy atom. The van der Waals surface area contributed by atoms with E-state index in [9.17, 15) is 5.11 Å². The Kier molecular flexibility index (Phi) is 2.50. The number of nitriles is 1. The second kappa shape index (κ2) is 4.18. The van der Waals surface area contributed by atoms with Gasteiger partial charge in [-0.1, -0.05) is 24.3 Å². The first-order valence-electron chi connectivity index (χ1n) is 6.01. The van der Waals surface area contributed by atoms with Crippen molar-refractivity contribution in [3.8, 4) is 17.5 Å². The van der Waals surface area contributed by atoms with E-state index >= 15 is 0 Å². The highest BCUT2D eigenvalue weighted by Gasteiger charge is 2.10. The first kappa shape index (κ1) is 11.4. The topological polar surface area (TPSA) is 49.0 Å². The molecular weight excluding hydrogens is 236 g/mol. The van der Waals surface area contributed by atoms with Crippen LogP contribution < -0.4 is 0 Å². The molecule has 0 bridgehead atoms. The minimum Gasteiger partial charge on any atom is -0.506 e. The van der Waals surface area contributed by atoms with Crippen molar-refractivity contribution < 1.29 is 5.11 Å². The Morgan fingerprint density at radius 3 is 2.42 bits per heavy atom. The minimum atomic E-state index is 0.272. The fraction of sp³-hybridized carbons (Fsp3) is 0.0625. The number of benzene rings is 2. The average Bonchev–Trinajstić information content (AvgIpc) is 2.78. The summed E-state index contributed by atoms with van der Waals surface area (Å²) in [6.45, 7) is 1.86. The monoisotopic (exact) mass is 248 g/mol. The zero-order valence-corrected chi connectivity index (χ0v) is 10.5. The summed E-state index contributed by atoms with van der Waals surface area (Å²) in [7, 11) is 0. The molecule has 1 aromatic heterocycles. The van der Waals surface area contributed by atoms with Gasteiger partial charge in [-0.3, -0.25) is 0 Å². The van der Waals surface area contributed by atoms with Gasteiger partial charge < -0.3 is 9.67 Å². The summed E-state index contributed by atoms with van der Waals surface area (Å²) in [4.78, 5) is 0. The minimum absolute atomic E-state index is 0.272. The predicted octanol–water partition coefficient (Wildman–Crippen LogP) is 3.52. The molecule has 0 saturated heterocycles. The summed E-state index contributed by atoms with van der Waals surface area (Å²) in [6, 6.07) is 15.4. The van der Waals surface area contributed by atoms with Gasteiger partial charge >= 0.3 is 0 Å². The zero-order valence-electron chi connectivity index (χ0n) is 10.5. The standard InChI is InChI=1S/C16H12N2O/c1-11-16(19)8-9-18(11)15-7-6-12(10-17)13-4-2-3-5-14(13)15/h2-9,19H,1H3. The van der Waals surface area contributed by atoms with E-state index in [-0.39, 0.29) is 5.75 Å². The summed E-state index contributed by atoms with van der Waals surface area (Å²) >= 11 is 0. The largest absolute Gasteiger partial charge is 0.506 e. The molecule has 3 aromatic rings. The molecule has 0 spiro atoms. The van der Waals surface area contributed by atoms with E-state index in [0.29, 0.717) is 5.56 Å². The lowest BCUT2D eigenvalue weighted by Gasteiger charge is -2.11. The lowest BCUT2D eigenvalue weighted by molar-refractivity contribution is 0.470. The summed E-state index contributed by atoms with van der Waals surface area (Å²) < 4.78 is 1.93. The van der Waals surface area contributed by atoms with Crippen molar-refractivity contribution in [3.05, 3.63) is 59.9 Å². The summed E-state index contributed by atoms with van der Waals surface area (Å²) in [5.74, 6) is 0.272. The molecule has 19 heavy (non-hydrogen) atoms. The van der Waals surface area contributed by atoms with Crippen LogP contribution >= 0.6 is 0 Å². The van der Waals surface area contributed by atoms with Gasteiger partial charge in [-0.25, -0.2) is 0 Å². The lowest BCUT2D eigenvalue weighted by Crippen LogP contribution is -1.96. The molecule has 1 heterocycles. The average molecular weight is 248 g/mol. The maximum Gasteiger partial charge on any atom is 0.136 e. The molecule has 1 N–H and O–H groups in total. The van der Waals surface area contributed by atoms with Gasteiger partial charge in [0.25, 0.3) is 0 Å². The Labute approximate surface area is 111 Å². The van der Waals surface area contributed by atoms with Gasteiger partial charge in [-0.15, -0.1) is 0 Å². The van der Waals surface area contributed by atoms with Crippen molar-refractivity contribution in [3.63, 3.8) is 0 Å². The molecule has 0 unspecified atom stereocenters. The maximum absolute atomic E-state index is 9.70. The number of aromatic hydroxyl groups is 1. The number of nitrogens with zero attached hydrogens (tertiary/aromatic N) is 2. The highest BCUT2D eigenvalue weighted by Crippen LogP contribution is 2.29. The number of hydrogen-bond acceptors (Lipinski definition) is 2. The van der Waals surface area contributed by atoms with E-state index in [0.717, 1.165) is 22.2 Å². The Morgan fingerprint density at radius 1 is 1.05 bits per heavy atom. The molecule has 0 fully saturated rings. The highest BCUT2D eigenvalue weighted by atomic mass is 16.3. The first-order chi connectivity index (χ1) is 9.22. The van der Waals surface area contributed by atoms with Gasteiger partial charge in [0.05, 0.1) is 23.0 Å². The number of fused-ring (bicyclic) bond motifs is 1. The van der Waals surface area contributed by atoms with Crippen molar-refractivity contribution in [1.29, 1.82) is 5.26 Å². The van der Waals surface area contributed by atoms with Crippen molar-refractivity contribution in [2.75, 3.05) is 0 Å². The smallest absolute Gasteiger partial charge is 0.136 e. The summed E-state index contributed by atoms with van der Waals surface area (Å²) in [6.07, 6.45) is 1.83. The van der Waals surface area contributed by atoms with Gasteiger partial charge in [0.2, 0.25) is 0 Å². The Balaban J connectivity index is 2.38. The van der Waals surface area contributed by atoms with Gasteiger partial charge in [0.15, 0.2) is 0 Å². The van der Waals surface area contributed by atoms with Gasteiger partial charge in [-0.05, 0) is 25.1 Å². The third-order valence-corrected chi connectivity index (χ3v) is 3.39. The number of hydrogen-bond donors (Lipinski definition) is 1. The quantitative estimate of drug-likeness (QED) is 0.716. The summed E-state index contributed by atoms with van der Waals surface area (Å²) in [5.41, 5.74) is 2.41. The summed E-state index contributed by atoms with van der Waals surface area (Å²) in [5, 5.41) is 20.8. The van der Waals surface area contributed by atoms with Crippen molar-refractivity contribution in [2.45, 2.75) is 6.92 Å². The zero-order chi connectivity index (χ0) is 13.4. The fourth-order valence-electron chi connectivity index (χ4n) is 2.35. The van der Waals surface area contributed by atoms with Crippen LogP contribution in [0.3, 0.4) is 0 Å². The van der Waals surface area contributed by atoms with Crippen LogP contribution in [0.25, 0.3) is 16.5 Å². The molecular formula is C16H12N2O. The van der Waals surface area contributed by atoms with Gasteiger partial charge in [-0.2, -0.15) is 5.26 Å². The number of aromatic nitrogens is 1. The highest BCUT2D eigenvalue weighted by molar-refractivity contribution is 5.94. The predicted molar refractivity (Wildman–Crippen MR) is 74.4 cm³/mol. The van der Waals surface area contributed by atoms with E-state index in [4.69, 9.17) is 5.26 Å². The molecule has 3 rings (SSSR count). The Bertz CT molecular complexity index is 809. The molecule has 0 aliphatic heterocycles. The lowest BCUT2D eigenvalue weighted by atomic mass is 10.0. The van der Waals surface area contributed by atoms with Gasteiger partial charge in [0.1, 0.15) is 5.75 Å². The van der Waals surface area contributed by atoms with Crippen LogP contribution in [0, 0.1) is 18.3 Å². The second-order valence-corrected chi connectivity index (χ2v) is 4.45. The molecule has 0 amide bonds. The third-order valence-electron chi connectivity index (χ3n) is 3.39. The molecule has 0 saturated carbocycles. The molecule has 2 aromatic carbocycles. The van der Waals surface area contributed by atoms with Crippen LogP contribution in [0.1, 0.15) is 11.3 Å². The van der Waals surface area contributed by atoms with Crippen LogP contribution in [-0.4, -0.2) is 9.67 Å². The van der Waals surface area contributed by atoms with Crippen LogP contribution in [0.5, 0.6) is 5.75 Å². The third kappa shape index (κ3) is 1.66. The van der Waals surface area contributed by atoms with Crippen LogP contribution in [0.15, 0.2) is 48.7 Å². The second-order valence-electron chi connectivity index (χ2n) is 4.45. The number of rotatable bonds is 1. The molecule has 3 heteroatoms. The Hall–Kier alpha value is -2.73. The van der Waals surface area contributed by atoms with E-state index in [1.807, 2.05) is 54.1 Å². The van der Waals surface area contributed by atoms with Gasteiger partial charge in [0, 0.05) is 17.0 Å². The SMILES string of the molecule is Cc1c(O)ccn1-c1ccc(C#N)c2ccccc12. The maximum atomic E-state index is 9.70. The molecule has 0 radical (unpaired) electrons. The van der Waals surface area contributed by atoms with Crippen molar-refractivity contribution in [1.82, 2.24) is 4.57 Å². The van der Waals surface area contributed by atoms with E-state index in [1.54, 1.807) is 6.07 Å². The fourth-order valence-corrected chi connectivity index (χ4v) is 2.35. The first-order valence-corrected chi connectivity index (χ1v) is 6.01. The van der Waals surface area contributed by atoms with E-state index in [1.165, 1.54) is 0 Å². The molecule has 0 aliphatic rings.